The molecule has 236 valence electrons. The van der Waals surface area contributed by atoms with E-state index in [0.717, 1.165) is 6.07 Å². The summed E-state index contributed by atoms with van der Waals surface area (Å²) >= 11 is 0. The first-order chi connectivity index (χ1) is 20.6. The number of anilines is 2. The van der Waals surface area contributed by atoms with Gasteiger partial charge in [0, 0.05) is 68.9 Å². The van der Waals surface area contributed by atoms with Crippen molar-refractivity contribution in [2.45, 2.75) is 45.2 Å². The van der Waals surface area contributed by atoms with Crippen LogP contribution in [0.2, 0.25) is 0 Å². The van der Waals surface area contributed by atoms with Gasteiger partial charge in [-0.05, 0) is 40.0 Å². The van der Waals surface area contributed by atoms with Gasteiger partial charge in [0.1, 0.15) is 17.3 Å². The van der Waals surface area contributed by atoms with E-state index < -0.39 is 51.7 Å². The number of rotatable bonds is 5. The number of likely N-dealkylation sites (N-methyl/N-ethyl adjacent to an activating group) is 1. The van der Waals surface area contributed by atoms with Crippen LogP contribution < -0.4 is 21.1 Å². The molecule has 14 heteroatoms. The highest BCUT2D eigenvalue weighted by Crippen LogP contribution is 2.38. The van der Waals surface area contributed by atoms with Crippen molar-refractivity contribution in [3.8, 4) is 16.8 Å². The molecule has 3 atom stereocenters. The third kappa shape index (κ3) is 6.00. The predicted molar refractivity (Wildman–Crippen MR) is 155 cm³/mol. The summed E-state index contributed by atoms with van der Waals surface area (Å²) in [5, 5.41) is 0. The lowest BCUT2D eigenvalue weighted by atomic mass is 10.0. The third-order valence-electron chi connectivity index (χ3n) is 8.12. The Bertz CT molecular complexity index is 1620. The van der Waals surface area contributed by atoms with Crippen LogP contribution in [0.25, 0.3) is 16.8 Å². The minimum absolute atomic E-state index is 0.0460. The van der Waals surface area contributed by atoms with Gasteiger partial charge in [-0.1, -0.05) is 0 Å². The lowest BCUT2D eigenvalue weighted by molar-refractivity contribution is -0.138. The highest BCUT2D eigenvalue weighted by Gasteiger charge is 2.37. The van der Waals surface area contributed by atoms with Crippen LogP contribution in [0.5, 0.6) is 0 Å². The van der Waals surface area contributed by atoms with Crippen LogP contribution in [0.4, 0.5) is 33.5 Å². The average molecular weight is 621 g/mol. The van der Waals surface area contributed by atoms with Crippen molar-refractivity contribution in [2.75, 3.05) is 49.6 Å². The van der Waals surface area contributed by atoms with Gasteiger partial charge in [0.2, 0.25) is 0 Å². The number of halogens is 5. The number of ether oxygens (including phenoxy) is 1. The predicted octanol–water partition coefficient (Wildman–Crippen LogP) is 4.05. The standard InChI is InChI=1S/C30H33F5N6O3/c1-16-12-39(8-7-38(16)4)23-10-22(31)26(19-5-6-24(37-11-19)40-13-17(2)44-18(3)14-40)27(32)28(23)41-15-20(29(36)43)21(9-25(41)42)30(33,34)35/h5-6,9-11,15-18H,7-8,12-14H2,1-4H3,(H2,36,43)/t16?,17-,18+. The van der Waals surface area contributed by atoms with E-state index in [1.807, 2.05) is 37.6 Å². The molecule has 1 amide bonds. The second kappa shape index (κ2) is 11.8. The summed E-state index contributed by atoms with van der Waals surface area (Å²) in [7, 11) is 1.89. The second-order valence-corrected chi connectivity index (χ2v) is 11.4. The quantitative estimate of drug-likeness (QED) is 0.430. The number of primary amides is 1. The number of amides is 1. The number of benzene rings is 1. The summed E-state index contributed by atoms with van der Waals surface area (Å²) in [6.45, 7) is 8.05. The van der Waals surface area contributed by atoms with E-state index in [0.29, 0.717) is 49.3 Å². The number of piperazine rings is 1. The molecule has 2 aliphatic heterocycles. The van der Waals surface area contributed by atoms with Crippen LogP contribution in [0.1, 0.15) is 36.7 Å². The zero-order valence-electron chi connectivity index (χ0n) is 24.7. The lowest BCUT2D eigenvalue weighted by Gasteiger charge is -2.40. The van der Waals surface area contributed by atoms with Crippen molar-refractivity contribution in [1.29, 1.82) is 0 Å². The van der Waals surface area contributed by atoms with E-state index in [1.54, 1.807) is 11.0 Å². The summed E-state index contributed by atoms with van der Waals surface area (Å²) in [4.78, 5) is 35.4. The first kappa shape index (κ1) is 31.4. The molecule has 5 rings (SSSR count). The topological polar surface area (TPSA) is 96.9 Å². The summed E-state index contributed by atoms with van der Waals surface area (Å²) in [6.07, 6.45) is -3.30. The number of nitrogens with zero attached hydrogens (tertiary/aromatic N) is 5. The van der Waals surface area contributed by atoms with E-state index in [9.17, 15) is 22.8 Å². The SMILES string of the molecule is CC1CN(c2cc(F)c(-c3ccc(N4C[C@@H](C)O[C@@H](C)C4)nc3)c(F)c2-n2cc(C(N)=O)c(C(F)(F)F)cc2=O)CCN1C. The van der Waals surface area contributed by atoms with Gasteiger partial charge in [0.05, 0.1) is 34.6 Å². The molecule has 4 heterocycles. The van der Waals surface area contributed by atoms with Gasteiger partial charge in [-0.3, -0.25) is 14.2 Å². The molecule has 0 spiro atoms. The van der Waals surface area contributed by atoms with Crippen LogP contribution >= 0.6 is 0 Å². The zero-order chi connectivity index (χ0) is 32.1. The number of hydrogen-bond acceptors (Lipinski definition) is 7. The van der Waals surface area contributed by atoms with E-state index in [2.05, 4.69) is 4.98 Å². The molecule has 2 N–H and O–H groups in total. The zero-order valence-corrected chi connectivity index (χ0v) is 24.7. The van der Waals surface area contributed by atoms with Crippen LogP contribution in [-0.2, 0) is 10.9 Å². The number of morpholine rings is 1. The lowest BCUT2D eigenvalue weighted by Crippen LogP contribution is -2.50. The maximum absolute atomic E-state index is 16.7. The number of alkyl halides is 3. The van der Waals surface area contributed by atoms with Gasteiger partial charge in [-0.25, -0.2) is 13.8 Å². The first-order valence-corrected chi connectivity index (χ1v) is 14.1. The van der Waals surface area contributed by atoms with Crippen molar-refractivity contribution >= 4 is 17.4 Å². The second-order valence-electron chi connectivity index (χ2n) is 11.4. The van der Waals surface area contributed by atoms with Gasteiger partial charge in [-0.2, -0.15) is 13.2 Å². The molecule has 0 aliphatic carbocycles. The number of carbonyl (C=O) groups excluding carboxylic acids is 1. The Hall–Kier alpha value is -4.04. The fourth-order valence-electron chi connectivity index (χ4n) is 5.82. The number of aromatic nitrogens is 2. The Morgan fingerprint density at radius 1 is 1.02 bits per heavy atom. The van der Waals surface area contributed by atoms with Gasteiger partial charge in [0.25, 0.3) is 11.5 Å². The van der Waals surface area contributed by atoms with E-state index in [-0.39, 0.29) is 35.6 Å². The highest BCUT2D eigenvalue weighted by atomic mass is 19.4. The fourth-order valence-corrected chi connectivity index (χ4v) is 5.82. The van der Waals surface area contributed by atoms with Crippen molar-refractivity contribution in [2.24, 2.45) is 5.73 Å². The number of carbonyl (C=O) groups is 1. The Morgan fingerprint density at radius 3 is 2.27 bits per heavy atom. The molecule has 44 heavy (non-hydrogen) atoms. The van der Waals surface area contributed by atoms with Crippen molar-refractivity contribution in [3.05, 3.63) is 69.8 Å². The van der Waals surface area contributed by atoms with Gasteiger partial charge >= 0.3 is 6.18 Å². The van der Waals surface area contributed by atoms with Crippen LogP contribution in [-0.4, -0.2) is 78.4 Å². The molecular formula is C30H33F5N6O3. The minimum atomic E-state index is -5.08. The van der Waals surface area contributed by atoms with Crippen LogP contribution in [0, 0.1) is 11.6 Å². The number of nitrogens with two attached hydrogens (primary N) is 1. The molecule has 0 bridgehead atoms. The Balaban J connectivity index is 1.69. The summed E-state index contributed by atoms with van der Waals surface area (Å²) in [5.74, 6) is -3.04. The van der Waals surface area contributed by atoms with E-state index in [1.165, 1.54) is 12.3 Å². The molecule has 2 fully saturated rings. The first-order valence-electron chi connectivity index (χ1n) is 14.1. The van der Waals surface area contributed by atoms with Crippen molar-refractivity contribution in [1.82, 2.24) is 14.5 Å². The normalized spacial score (nSPS) is 21.5. The van der Waals surface area contributed by atoms with Crippen molar-refractivity contribution in [3.63, 3.8) is 0 Å². The third-order valence-corrected chi connectivity index (χ3v) is 8.12. The largest absolute Gasteiger partial charge is 0.417 e. The maximum atomic E-state index is 16.7. The number of hydrogen-bond donors (Lipinski definition) is 1. The Labute approximate surface area is 250 Å². The Kier molecular flexibility index (Phi) is 8.42. The molecule has 2 aromatic heterocycles. The smallest absolute Gasteiger partial charge is 0.372 e. The molecule has 0 radical (unpaired) electrons. The van der Waals surface area contributed by atoms with Gasteiger partial charge < -0.3 is 25.2 Å². The van der Waals surface area contributed by atoms with E-state index >= 15 is 8.78 Å². The van der Waals surface area contributed by atoms with Crippen LogP contribution in [0.15, 0.2) is 41.5 Å². The molecule has 2 saturated heterocycles. The molecule has 1 unspecified atom stereocenters. The number of pyridine rings is 2. The summed E-state index contributed by atoms with van der Waals surface area (Å²) < 4.78 is 79.9. The van der Waals surface area contributed by atoms with Gasteiger partial charge in [-0.15, -0.1) is 0 Å². The molecule has 1 aromatic carbocycles. The van der Waals surface area contributed by atoms with Crippen LogP contribution in [0.3, 0.4) is 0 Å². The van der Waals surface area contributed by atoms with Crippen molar-refractivity contribution < 1.29 is 31.5 Å². The molecule has 3 aromatic rings. The summed E-state index contributed by atoms with van der Waals surface area (Å²) in [6, 6.07) is 4.30. The van der Waals surface area contributed by atoms with E-state index in [4.69, 9.17) is 10.5 Å². The summed E-state index contributed by atoms with van der Waals surface area (Å²) in [5.41, 5.74) is 0.376. The minimum Gasteiger partial charge on any atom is -0.372 e. The maximum Gasteiger partial charge on any atom is 0.417 e. The molecule has 9 nitrogen and oxygen atoms in total. The fraction of sp³-hybridized carbons (Fsp3) is 0.433. The molecule has 0 saturated carbocycles. The highest BCUT2D eigenvalue weighted by molar-refractivity contribution is 5.94. The molecule has 2 aliphatic rings. The van der Waals surface area contributed by atoms with Gasteiger partial charge in [0.15, 0.2) is 5.82 Å². The monoisotopic (exact) mass is 620 g/mol. The molecular weight excluding hydrogens is 587 g/mol. The average Bonchev–Trinajstić information content (AvgIpc) is 2.93. The Morgan fingerprint density at radius 2 is 1.70 bits per heavy atom.